The van der Waals surface area contributed by atoms with Gasteiger partial charge < -0.3 is 15.6 Å². The minimum atomic E-state index is -4.90. The Morgan fingerprint density at radius 1 is 0.850 bits per heavy atom. The van der Waals surface area contributed by atoms with Crippen molar-refractivity contribution in [3.05, 3.63) is 120 Å². The fourth-order valence-corrected chi connectivity index (χ4v) is 4.03. The van der Waals surface area contributed by atoms with Gasteiger partial charge in [-0.05, 0) is 66.2 Å². The first-order chi connectivity index (χ1) is 19.2. The Balaban J connectivity index is 1.28. The molecule has 2 amide bonds. The molecule has 0 atom stereocenters. The number of carbonyl (C=O) groups is 2. The molecule has 0 aliphatic rings. The van der Waals surface area contributed by atoms with Gasteiger partial charge in [0.05, 0.1) is 22.3 Å². The van der Waals surface area contributed by atoms with E-state index in [1.165, 1.54) is 24.3 Å². The minimum absolute atomic E-state index is 0.135. The first-order valence-corrected chi connectivity index (χ1v) is 12.0. The van der Waals surface area contributed by atoms with Gasteiger partial charge in [-0.3, -0.25) is 9.59 Å². The lowest BCUT2D eigenvalue weighted by Gasteiger charge is -2.11. The van der Waals surface area contributed by atoms with E-state index in [9.17, 15) is 27.2 Å². The first kappa shape index (κ1) is 26.4. The highest BCUT2D eigenvalue weighted by Gasteiger charge is 2.34. The van der Waals surface area contributed by atoms with Gasteiger partial charge in [0.2, 0.25) is 5.91 Å². The summed E-state index contributed by atoms with van der Waals surface area (Å²) >= 11 is 0. The monoisotopic (exact) mass is 544 g/mol. The molecule has 10 heteroatoms. The molecule has 40 heavy (non-hydrogen) atoms. The molecular weight excluding hydrogens is 524 g/mol. The third kappa shape index (κ3) is 5.91. The number of rotatable bonds is 6. The smallest absolute Gasteiger partial charge is 0.338 e. The van der Waals surface area contributed by atoms with Crippen molar-refractivity contribution in [2.45, 2.75) is 6.18 Å². The van der Waals surface area contributed by atoms with Crippen molar-refractivity contribution in [2.24, 2.45) is 0 Å². The van der Waals surface area contributed by atoms with E-state index in [4.69, 9.17) is 0 Å². The summed E-state index contributed by atoms with van der Waals surface area (Å²) in [5.74, 6) is -1.96. The third-order valence-electron chi connectivity index (χ3n) is 5.94. The fraction of sp³-hybridized carbons (Fsp3) is 0.0333. The van der Waals surface area contributed by atoms with Gasteiger partial charge in [-0.1, -0.05) is 36.4 Å². The van der Waals surface area contributed by atoms with Crippen LogP contribution in [0, 0.1) is 5.82 Å². The summed E-state index contributed by atoms with van der Waals surface area (Å²) in [7, 11) is 0. The second-order valence-electron chi connectivity index (χ2n) is 8.74. The molecule has 0 radical (unpaired) electrons. The maximum atomic E-state index is 13.5. The zero-order valence-corrected chi connectivity index (χ0v) is 20.6. The molecule has 1 heterocycles. The highest BCUT2D eigenvalue weighted by Crippen LogP contribution is 2.33. The molecule has 0 spiro atoms. The van der Waals surface area contributed by atoms with Crippen LogP contribution in [0.15, 0.2) is 97.1 Å². The second kappa shape index (κ2) is 10.9. The van der Waals surface area contributed by atoms with Gasteiger partial charge in [0, 0.05) is 22.9 Å². The maximum Gasteiger partial charge on any atom is 0.419 e. The normalized spacial score (nSPS) is 11.6. The molecule has 0 fully saturated rings. The lowest BCUT2D eigenvalue weighted by Crippen LogP contribution is -2.14. The Morgan fingerprint density at radius 3 is 2.42 bits per heavy atom. The van der Waals surface area contributed by atoms with Crippen LogP contribution in [0.25, 0.3) is 28.5 Å². The number of anilines is 2. The number of H-pyrrole nitrogens is 1. The van der Waals surface area contributed by atoms with E-state index in [1.54, 1.807) is 24.3 Å². The molecule has 0 unspecified atom stereocenters. The standard InChI is InChI=1S/C30H20F4N4O2/c31-23-14-13-20(17-22(23)30(32,33)34)35-29(40)19-7-5-6-18(16-19)12-15-27(39)36-24-9-2-1-8-21(24)28-37-25-10-3-4-11-26(25)38-28/h1-17H,(H,35,40)(H,36,39)(H,37,38)/b15-12+. The van der Waals surface area contributed by atoms with Gasteiger partial charge >= 0.3 is 6.18 Å². The molecule has 0 saturated carbocycles. The molecule has 6 nitrogen and oxygen atoms in total. The van der Waals surface area contributed by atoms with Crippen LogP contribution in [-0.4, -0.2) is 21.8 Å². The maximum absolute atomic E-state index is 13.5. The summed E-state index contributed by atoms with van der Waals surface area (Å²) in [5.41, 5.74) is 1.86. The van der Waals surface area contributed by atoms with Crippen molar-refractivity contribution in [3.8, 4) is 11.4 Å². The van der Waals surface area contributed by atoms with E-state index in [0.717, 1.165) is 17.1 Å². The van der Waals surface area contributed by atoms with Crippen LogP contribution in [0.2, 0.25) is 0 Å². The molecule has 4 aromatic carbocycles. The summed E-state index contributed by atoms with van der Waals surface area (Å²) in [6.07, 6.45) is -2.11. The number of alkyl halides is 3. The van der Waals surface area contributed by atoms with Gasteiger partial charge in [-0.2, -0.15) is 13.2 Å². The number of imidazole rings is 1. The van der Waals surface area contributed by atoms with Crippen molar-refractivity contribution in [2.75, 3.05) is 10.6 Å². The largest absolute Gasteiger partial charge is 0.419 e. The molecular formula is C30H20F4N4O2. The van der Waals surface area contributed by atoms with Crippen LogP contribution in [-0.2, 0) is 11.0 Å². The number of aromatic amines is 1. The number of benzene rings is 4. The molecule has 5 rings (SSSR count). The quantitative estimate of drug-likeness (QED) is 0.155. The predicted molar refractivity (Wildman–Crippen MR) is 145 cm³/mol. The summed E-state index contributed by atoms with van der Waals surface area (Å²) in [6, 6.07) is 23.1. The minimum Gasteiger partial charge on any atom is -0.338 e. The number of aromatic nitrogens is 2. The summed E-state index contributed by atoms with van der Waals surface area (Å²) in [6.45, 7) is 0. The Kier molecular flexibility index (Phi) is 7.15. The second-order valence-corrected chi connectivity index (χ2v) is 8.74. The van der Waals surface area contributed by atoms with E-state index in [-0.39, 0.29) is 11.3 Å². The number of hydrogen-bond acceptors (Lipinski definition) is 3. The summed E-state index contributed by atoms with van der Waals surface area (Å²) in [5, 5.41) is 5.16. The number of fused-ring (bicyclic) bond motifs is 1. The average molecular weight is 545 g/mol. The van der Waals surface area contributed by atoms with E-state index in [0.29, 0.717) is 34.8 Å². The van der Waals surface area contributed by atoms with Gasteiger partial charge in [-0.25, -0.2) is 9.37 Å². The zero-order valence-electron chi connectivity index (χ0n) is 20.6. The van der Waals surface area contributed by atoms with E-state index in [2.05, 4.69) is 20.6 Å². The lowest BCUT2D eigenvalue weighted by molar-refractivity contribution is -0.139. The van der Waals surface area contributed by atoms with Crippen LogP contribution in [0.5, 0.6) is 0 Å². The number of amides is 2. The Labute approximate surface area is 225 Å². The predicted octanol–water partition coefficient (Wildman–Crippen LogP) is 7.29. The third-order valence-corrected chi connectivity index (χ3v) is 5.94. The number of halogens is 4. The van der Waals surface area contributed by atoms with E-state index in [1.807, 2.05) is 36.4 Å². The zero-order chi connectivity index (χ0) is 28.3. The number of para-hydroxylation sites is 3. The van der Waals surface area contributed by atoms with Crippen molar-refractivity contribution >= 4 is 40.3 Å². The number of hydrogen-bond donors (Lipinski definition) is 3. The number of nitrogens with one attached hydrogen (secondary N) is 3. The molecule has 0 bridgehead atoms. The van der Waals surface area contributed by atoms with E-state index >= 15 is 0 Å². The molecule has 0 aliphatic carbocycles. The fourth-order valence-electron chi connectivity index (χ4n) is 4.03. The average Bonchev–Trinajstić information content (AvgIpc) is 3.37. The van der Waals surface area contributed by atoms with E-state index < -0.39 is 29.4 Å². The molecule has 0 aliphatic heterocycles. The Morgan fingerprint density at radius 2 is 1.62 bits per heavy atom. The van der Waals surface area contributed by atoms with Gasteiger partial charge in [0.25, 0.3) is 5.91 Å². The van der Waals surface area contributed by atoms with Gasteiger partial charge in [0.15, 0.2) is 0 Å². The van der Waals surface area contributed by atoms with Gasteiger partial charge in [0.1, 0.15) is 11.6 Å². The first-order valence-electron chi connectivity index (χ1n) is 12.0. The molecule has 3 N–H and O–H groups in total. The molecule has 0 saturated heterocycles. The highest BCUT2D eigenvalue weighted by molar-refractivity contribution is 6.06. The van der Waals surface area contributed by atoms with Crippen LogP contribution in [0.3, 0.4) is 0 Å². The highest BCUT2D eigenvalue weighted by atomic mass is 19.4. The van der Waals surface area contributed by atoms with Gasteiger partial charge in [-0.15, -0.1) is 0 Å². The van der Waals surface area contributed by atoms with Crippen LogP contribution in [0.4, 0.5) is 28.9 Å². The Hall–Kier alpha value is -5.25. The van der Waals surface area contributed by atoms with Crippen molar-refractivity contribution < 1.29 is 27.2 Å². The van der Waals surface area contributed by atoms with Crippen molar-refractivity contribution in [1.82, 2.24) is 9.97 Å². The van der Waals surface area contributed by atoms with Crippen molar-refractivity contribution in [3.63, 3.8) is 0 Å². The van der Waals surface area contributed by atoms with Crippen LogP contribution >= 0.6 is 0 Å². The number of carbonyl (C=O) groups excluding carboxylic acids is 2. The number of nitrogens with zero attached hydrogens (tertiary/aromatic N) is 1. The summed E-state index contributed by atoms with van der Waals surface area (Å²) in [4.78, 5) is 33.2. The SMILES string of the molecule is O=C(/C=C/c1cccc(C(=O)Nc2ccc(F)c(C(F)(F)F)c2)c1)Nc1ccccc1-c1nc2ccccc2[nH]1. The lowest BCUT2D eigenvalue weighted by atomic mass is 10.1. The summed E-state index contributed by atoms with van der Waals surface area (Å²) < 4.78 is 52.5. The van der Waals surface area contributed by atoms with Crippen molar-refractivity contribution in [1.29, 1.82) is 0 Å². The topological polar surface area (TPSA) is 86.9 Å². The molecule has 200 valence electrons. The molecule has 5 aromatic rings. The Bertz CT molecular complexity index is 1730. The van der Waals surface area contributed by atoms with Crippen LogP contribution < -0.4 is 10.6 Å². The molecule has 1 aromatic heterocycles. The van der Waals surface area contributed by atoms with Crippen LogP contribution in [0.1, 0.15) is 21.5 Å².